The van der Waals surface area contributed by atoms with Gasteiger partial charge in [0, 0.05) is 11.1 Å². The van der Waals surface area contributed by atoms with Crippen molar-refractivity contribution in [2.24, 2.45) is 5.73 Å². The fourth-order valence-electron chi connectivity index (χ4n) is 1.77. The van der Waals surface area contributed by atoms with Crippen LogP contribution in [-0.2, 0) is 4.79 Å². The van der Waals surface area contributed by atoms with E-state index in [0.717, 1.165) is 0 Å². The molecular weight excluding hydrogens is 265 g/mol. The van der Waals surface area contributed by atoms with E-state index in [0.29, 0.717) is 16.7 Å². The Morgan fingerprint density at radius 1 is 1.00 bits per heavy atom. The molecule has 3 N–H and O–H groups in total. The maximum Gasteiger partial charge on any atom is 1.00 e. The second kappa shape index (κ2) is 7.36. The van der Waals surface area contributed by atoms with Gasteiger partial charge in [-0.1, -0.05) is 48.5 Å². The first-order valence-corrected chi connectivity index (χ1v) is 5.77. The number of ketones is 1. The third-order valence-electron chi connectivity index (χ3n) is 2.81. The first-order chi connectivity index (χ1) is 9.09. The van der Waals surface area contributed by atoms with Crippen LogP contribution in [0.5, 0.6) is 0 Å². The predicted molar refractivity (Wildman–Crippen MR) is 72.0 cm³/mol. The van der Waals surface area contributed by atoms with Gasteiger partial charge in [0.05, 0.1) is 0 Å². The molecule has 0 saturated heterocycles. The van der Waals surface area contributed by atoms with E-state index in [4.69, 9.17) is 10.8 Å². The maximum absolute atomic E-state index is 12.2. The average molecular weight is 279 g/mol. The van der Waals surface area contributed by atoms with Crippen LogP contribution in [0.3, 0.4) is 0 Å². The van der Waals surface area contributed by atoms with E-state index in [1.807, 2.05) is 6.07 Å². The van der Waals surface area contributed by atoms with Gasteiger partial charge in [-0.3, -0.25) is 9.59 Å². The van der Waals surface area contributed by atoms with Crippen molar-refractivity contribution in [3.05, 3.63) is 71.3 Å². The number of rotatable bonds is 4. The first kappa shape index (κ1) is 16.6. The number of carbonyl (C=O) groups excluding carboxylic acids is 1. The monoisotopic (exact) mass is 279 g/mol. The Bertz CT molecular complexity index is 619. The van der Waals surface area contributed by atoms with Crippen LogP contribution in [-0.4, -0.2) is 16.9 Å². The third-order valence-corrected chi connectivity index (χ3v) is 2.81. The van der Waals surface area contributed by atoms with Crippen LogP contribution in [0.4, 0.5) is 0 Å². The number of carboxylic acids is 1. The van der Waals surface area contributed by atoms with Gasteiger partial charge in [0.1, 0.15) is 6.04 Å². The fourth-order valence-corrected chi connectivity index (χ4v) is 1.77. The molecule has 0 bridgehead atoms. The second-order valence-corrected chi connectivity index (χ2v) is 4.14. The van der Waals surface area contributed by atoms with E-state index in [1.54, 1.807) is 42.5 Å². The van der Waals surface area contributed by atoms with Gasteiger partial charge in [0.15, 0.2) is 5.78 Å². The van der Waals surface area contributed by atoms with E-state index in [1.165, 1.54) is 6.07 Å². The number of carbonyl (C=O) groups is 2. The summed E-state index contributed by atoms with van der Waals surface area (Å²) in [6.07, 6.45) is 0. The quantitative estimate of drug-likeness (QED) is 0.562. The van der Waals surface area contributed by atoms with Crippen molar-refractivity contribution >= 4 is 11.8 Å². The van der Waals surface area contributed by atoms with Gasteiger partial charge in [-0.15, -0.1) is 0 Å². The molecule has 1 atom stereocenters. The molecule has 20 heavy (non-hydrogen) atoms. The summed E-state index contributed by atoms with van der Waals surface area (Å²) in [6.45, 7) is 0. The Morgan fingerprint density at radius 2 is 1.60 bits per heavy atom. The summed E-state index contributed by atoms with van der Waals surface area (Å²) >= 11 is 0. The molecule has 0 saturated carbocycles. The van der Waals surface area contributed by atoms with Crippen molar-refractivity contribution < 1.29 is 45.7 Å². The Kier molecular flexibility index (Phi) is 6.10. The minimum atomic E-state index is -1.12. The molecule has 0 radical (unpaired) electrons. The van der Waals surface area contributed by atoms with Crippen LogP contribution in [0.25, 0.3) is 0 Å². The molecule has 0 aliphatic rings. The smallest absolute Gasteiger partial charge is 1.00 e. The molecule has 0 aliphatic heterocycles. The SMILES string of the molecule is NC(C(=O)O)c1cccc(C(=O)c2ccccc2)c1.[H-].[Na+]. The summed E-state index contributed by atoms with van der Waals surface area (Å²) in [4.78, 5) is 23.0. The molecule has 2 aromatic carbocycles. The predicted octanol–water partition coefficient (Wildman–Crippen LogP) is -0.882. The van der Waals surface area contributed by atoms with Gasteiger partial charge >= 0.3 is 35.5 Å². The van der Waals surface area contributed by atoms with Crippen LogP contribution in [0.15, 0.2) is 54.6 Å². The Hall–Kier alpha value is -1.46. The van der Waals surface area contributed by atoms with E-state index >= 15 is 0 Å². The molecule has 2 rings (SSSR count). The largest absolute Gasteiger partial charge is 1.00 e. The van der Waals surface area contributed by atoms with Gasteiger partial charge in [0.25, 0.3) is 0 Å². The zero-order valence-corrected chi connectivity index (χ0v) is 13.1. The zero-order valence-electron chi connectivity index (χ0n) is 12.1. The molecule has 0 heterocycles. The van der Waals surface area contributed by atoms with Gasteiger partial charge in [-0.2, -0.15) is 0 Å². The number of hydrogen-bond acceptors (Lipinski definition) is 3. The second-order valence-electron chi connectivity index (χ2n) is 4.14. The number of hydrogen-bond donors (Lipinski definition) is 2. The van der Waals surface area contributed by atoms with Crippen LogP contribution >= 0.6 is 0 Å². The molecule has 2 aromatic rings. The van der Waals surface area contributed by atoms with E-state index in [-0.39, 0.29) is 36.8 Å². The van der Waals surface area contributed by atoms with Crippen molar-refractivity contribution in [3.8, 4) is 0 Å². The number of benzene rings is 2. The molecule has 98 valence electrons. The van der Waals surface area contributed by atoms with Crippen LogP contribution in [0.2, 0.25) is 0 Å². The molecule has 5 heteroatoms. The normalized spacial score (nSPS) is 11.2. The molecular formula is C15H14NNaO3. The van der Waals surface area contributed by atoms with Gasteiger partial charge in [0.2, 0.25) is 0 Å². The summed E-state index contributed by atoms with van der Waals surface area (Å²) < 4.78 is 0. The molecule has 0 amide bonds. The van der Waals surface area contributed by atoms with Crippen molar-refractivity contribution in [1.82, 2.24) is 0 Å². The minimum Gasteiger partial charge on any atom is -1.00 e. The summed E-state index contributed by atoms with van der Waals surface area (Å²) in [6, 6.07) is 14.1. The van der Waals surface area contributed by atoms with Crippen LogP contribution in [0, 0.1) is 0 Å². The zero-order chi connectivity index (χ0) is 13.8. The minimum absolute atomic E-state index is 0. The molecule has 0 aromatic heterocycles. The number of aliphatic carboxylic acids is 1. The first-order valence-electron chi connectivity index (χ1n) is 5.77. The molecule has 0 fully saturated rings. The summed E-state index contributed by atoms with van der Waals surface area (Å²) in [5, 5.41) is 8.87. The van der Waals surface area contributed by atoms with E-state index in [2.05, 4.69) is 0 Å². The fraction of sp³-hybridized carbons (Fsp3) is 0.0667. The average Bonchev–Trinajstić information content (AvgIpc) is 2.46. The van der Waals surface area contributed by atoms with Crippen molar-refractivity contribution in [2.45, 2.75) is 6.04 Å². The molecule has 0 spiro atoms. The Balaban J connectivity index is 0.00000200. The van der Waals surface area contributed by atoms with Gasteiger partial charge in [-0.05, 0) is 11.6 Å². The van der Waals surface area contributed by atoms with E-state index < -0.39 is 12.0 Å². The third kappa shape index (κ3) is 3.77. The topological polar surface area (TPSA) is 80.4 Å². The number of carboxylic acid groups (broad SMARTS) is 1. The van der Waals surface area contributed by atoms with E-state index in [9.17, 15) is 9.59 Å². The molecule has 4 nitrogen and oxygen atoms in total. The summed E-state index contributed by atoms with van der Waals surface area (Å²) in [5.74, 6) is -1.27. The van der Waals surface area contributed by atoms with Crippen molar-refractivity contribution in [3.63, 3.8) is 0 Å². The Labute approximate surface area is 140 Å². The van der Waals surface area contributed by atoms with Crippen molar-refractivity contribution in [1.29, 1.82) is 0 Å². The van der Waals surface area contributed by atoms with Gasteiger partial charge < -0.3 is 12.3 Å². The standard InChI is InChI=1S/C15H13NO3.Na.H/c16-13(15(18)19)11-7-4-8-12(9-11)14(17)10-5-2-1-3-6-10;;/h1-9,13H,16H2,(H,18,19);;/q;+1;-1. The molecule has 0 aliphatic carbocycles. The summed E-state index contributed by atoms with van der Waals surface area (Å²) in [7, 11) is 0. The Morgan fingerprint density at radius 3 is 2.20 bits per heavy atom. The van der Waals surface area contributed by atoms with Crippen LogP contribution < -0.4 is 35.3 Å². The molecule has 1 unspecified atom stereocenters. The van der Waals surface area contributed by atoms with Crippen LogP contribution in [0.1, 0.15) is 29.0 Å². The maximum atomic E-state index is 12.2. The number of nitrogens with two attached hydrogens (primary N) is 1. The van der Waals surface area contributed by atoms with Gasteiger partial charge in [-0.25, -0.2) is 0 Å². The summed E-state index contributed by atoms with van der Waals surface area (Å²) in [5.41, 5.74) is 6.94. The van der Waals surface area contributed by atoms with Crippen molar-refractivity contribution in [2.75, 3.05) is 0 Å².